The molecule has 3 nitrogen and oxygen atoms in total. The summed E-state index contributed by atoms with van der Waals surface area (Å²) in [6.45, 7) is 0.184. The van der Waals surface area contributed by atoms with Gasteiger partial charge in [0, 0.05) is 0 Å². The first kappa shape index (κ1) is 7.60. The summed E-state index contributed by atoms with van der Waals surface area (Å²) < 4.78 is 4.46. The van der Waals surface area contributed by atoms with Crippen LogP contribution in [0.15, 0.2) is 30.3 Å². The Bertz CT molecular complexity index is 233. The van der Waals surface area contributed by atoms with E-state index in [9.17, 15) is 4.79 Å². The Hall–Kier alpha value is -1.51. The van der Waals surface area contributed by atoms with Crippen LogP contribution in [-0.4, -0.2) is 6.09 Å². The maximum absolute atomic E-state index is 10.1. The molecule has 0 saturated heterocycles. The summed E-state index contributed by atoms with van der Waals surface area (Å²) in [6, 6.07) is 9.26. The molecular formula is C8H8NO2. The molecule has 57 valence electrons. The largest absolute Gasteiger partial charge is 0.443 e. The van der Waals surface area contributed by atoms with Gasteiger partial charge >= 0.3 is 6.09 Å². The van der Waals surface area contributed by atoms with E-state index in [0.717, 1.165) is 5.56 Å². The van der Waals surface area contributed by atoms with E-state index < -0.39 is 6.09 Å². The van der Waals surface area contributed by atoms with Crippen LogP contribution >= 0.6 is 0 Å². The highest BCUT2D eigenvalue weighted by atomic mass is 16.5. The van der Waals surface area contributed by atoms with Crippen LogP contribution in [-0.2, 0) is 11.3 Å². The fraction of sp³-hybridized carbons (Fsp3) is 0.125. The van der Waals surface area contributed by atoms with Crippen LogP contribution in [0.3, 0.4) is 0 Å². The Morgan fingerprint density at radius 3 is 2.55 bits per heavy atom. The highest BCUT2D eigenvalue weighted by molar-refractivity contribution is 5.63. The average Bonchev–Trinajstić information content (AvgIpc) is 2.03. The smallest absolute Gasteiger partial charge is 0.426 e. The van der Waals surface area contributed by atoms with Crippen LogP contribution in [0.25, 0.3) is 0 Å². The predicted molar refractivity (Wildman–Crippen MR) is 39.7 cm³/mol. The van der Waals surface area contributed by atoms with Crippen molar-refractivity contribution in [2.45, 2.75) is 6.61 Å². The third-order valence-electron chi connectivity index (χ3n) is 1.21. The van der Waals surface area contributed by atoms with Gasteiger partial charge in [0.25, 0.3) is 0 Å². The molecule has 0 aliphatic rings. The maximum atomic E-state index is 10.1. The van der Waals surface area contributed by atoms with Gasteiger partial charge in [-0.05, 0) is 5.56 Å². The molecule has 0 unspecified atom stereocenters. The first-order valence-electron chi connectivity index (χ1n) is 3.21. The molecule has 0 saturated carbocycles. The maximum Gasteiger partial charge on any atom is 0.426 e. The van der Waals surface area contributed by atoms with Gasteiger partial charge in [-0.1, -0.05) is 30.3 Å². The van der Waals surface area contributed by atoms with Crippen LogP contribution in [0, 0.1) is 0 Å². The molecule has 1 N–H and O–H groups in total. The number of amides is 1. The number of benzene rings is 1. The summed E-state index contributed by atoms with van der Waals surface area (Å²) in [5.41, 5.74) is 7.36. The Morgan fingerprint density at radius 2 is 2.00 bits per heavy atom. The summed E-state index contributed by atoms with van der Waals surface area (Å²) in [7, 11) is 0. The molecule has 0 atom stereocenters. The van der Waals surface area contributed by atoms with Crippen LogP contribution in [0.5, 0.6) is 0 Å². The number of hydrogen-bond acceptors (Lipinski definition) is 2. The van der Waals surface area contributed by atoms with Crippen LogP contribution in [0.1, 0.15) is 5.56 Å². The third-order valence-corrected chi connectivity index (χ3v) is 1.21. The van der Waals surface area contributed by atoms with Crippen molar-refractivity contribution in [2.75, 3.05) is 0 Å². The number of nitrogens with one attached hydrogen (secondary N) is 1. The fourth-order valence-corrected chi connectivity index (χ4v) is 0.723. The molecule has 0 aromatic heterocycles. The molecule has 0 spiro atoms. The number of ether oxygens (including phenoxy) is 1. The highest BCUT2D eigenvalue weighted by Gasteiger charge is 1.94. The number of carbonyl (C=O) groups excluding carboxylic acids is 1. The van der Waals surface area contributed by atoms with E-state index >= 15 is 0 Å². The zero-order valence-electron chi connectivity index (χ0n) is 5.91. The lowest BCUT2D eigenvalue weighted by Crippen LogP contribution is -2.01. The summed E-state index contributed by atoms with van der Waals surface area (Å²) in [5.74, 6) is 0. The number of carbonyl (C=O) groups is 1. The van der Waals surface area contributed by atoms with Gasteiger partial charge in [-0.3, -0.25) is 0 Å². The molecule has 0 aliphatic carbocycles. The molecule has 0 aliphatic heterocycles. The topological polar surface area (TPSA) is 50.1 Å². The minimum Gasteiger partial charge on any atom is -0.443 e. The molecule has 1 radical (unpaired) electrons. The molecule has 1 aromatic carbocycles. The first-order valence-corrected chi connectivity index (χ1v) is 3.21. The minimum atomic E-state index is -0.992. The van der Waals surface area contributed by atoms with Gasteiger partial charge in [0.2, 0.25) is 0 Å². The van der Waals surface area contributed by atoms with E-state index in [1.165, 1.54) is 0 Å². The molecule has 1 rings (SSSR count). The third kappa shape index (κ3) is 2.71. The van der Waals surface area contributed by atoms with Crippen LogP contribution < -0.4 is 5.73 Å². The Kier molecular flexibility index (Phi) is 2.49. The average molecular weight is 150 g/mol. The van der Waals surface area contributed by atoms with Gasteiger partial charge in [0.1, 0.15) is 6.61 Å². The van der Waals surface area contributed by atoms with Crippen molar-refractivity contribution in [1.82, 2.24) is 5.73 Å². The van der Waals surface area contributed by atoms with E-state index in [-0.39, 0.29) is 6.61 Å². The summed E-state index contributed by atoms with van der Waals surface area (Å²) >= 11 is 0. The lowest BCUT2D eigenvalue weighted by Gasteiger charge is -1.98. The minimum absolute atomic E-state index is 0.184. The van der Waals surface area contributed by atoms with E-state index in [1.54, 1.807) is 0 Å². The van der Waals surface area contributed by atoms with E-state index in [4.69, 9.17) is 5.73 Å². The molecule has 1 aromatic rings. The summed E-state index contributed by atoms with van der Waals surface area (Å²) in [4.78, 5) is 10.1. The van der Waals surface area contributed by atoms with Crippen molar-refractivity contribution in [3.8, 4) is 0 Å². The predicted octanol–water partition coefficient (Wildman–Crippen LogP) is 1.61. The first-order chi connectivity index (χ1) is 5.29. The second kappa shape index (κ2) is 3.61. The monoisotopic (exact) mass is 150 g/mol. The highest BCUT2D eigenvalue weighted by Crippen LogP contribution is 1.99. The van der Waals surface area contributed by atoms with Crippen LogP contribution in [0.4, 0.5) is 4.79 Å². The zero-order valence-corrected chi connectivity index (χ0v) is 5.91. The summed E-state index contributed by atoms with van der Waals surface area (Å²) in [5, 5.41) is 0. The molecule has 3 heteroatoms. The van der Waals surface area contributed by atoms with Crippen LogP contribution in [0.2, 0.25) is 0 Å². The van der Waals surface area contributed by atoms with Crippen molar-refractivity contribution in [1.29, 1.82) is 0 Å². The standard InChI is InChI=1S/C8H8NO2/c9-8(10)11-6-7-4-2-1-3-5-7/h1-5,9H,6H2. The van der Waals surface area contributed by atoms with Crippen molar-refractivity contribution < 1.29 is 9.53 Å². The quantitative estimate of drug-likeness (QED) is 0.643. The SMILES string of the molecule is [NH]C(=O)OCc1ccccc1. The lowest BCUT2D eigenvalue weighted by molar-refractivity contribution is 0.148. The molecule has 11 heavy (non-hydrogen) atoms. The van der Waals surface area contributed by atoms with E-state index in [1.807, 2.05) is 30.3 Å². The second-order valence-corrected chi connectivity index (χ2v) is 2.06. The molecule has 1 amide bonds. The van der Waals surface area contributed by atoms with Crippen molar-refractivity contribution in [2.24, 2.45) is 0 Å². The van der Waals surface area contributed by atoms with Gasteiger partial charge in [-0.2, -0.15) is 0 Å². The zero-order chi connectivity index (χ0) is 8.10. The van der Waals surface area contributed by atoms with Gasteiger partial charge < -0.3 is 4.74 Å². The fourth-order valence-electron chi connectivity index (χ4n) is 0.723. The van der Waals surface area contributed by atoms with Gasteiger partial charge in [-0.25, -0.2) is 10.5 Å². The Morgan fingerprint density at radius 1 is 1.36 bits per heavy atom. The Balaban J connectivity index is 2.45. The normalized spacial score (nSPS) is 9.09. The number of rotatable bonds is 2. The molecule has 0 bridgehead atoms. The van der Waals surface area contributed by atoms with Gasteiger partial charge in [0.15, 0.2) is 0 Å². The lowest BCUT2D eigenvalue weighted by atomic mass is 10.2. The van der Waals surface area contributed by atoms with Gasteiger partial charge in [-0.15, -0.1) is 0 Å². The molecular weight excluding hydrogens is 142 g/mol. The number of hydrogen-bond donors (Lipinski definition) is 0. The molecule has 0 fully saturated rings. The van der Waals surface area contributed by atoms with E-state index in [2.05, 4.69) is 4.74 Å². The van der Waals surface area contributed by atoms with Crippen molar-refractivity contribution in [3.05, 3.63) is 35.9 Å². The van der Waals surface area contributed by atoms with Crippen molar-refractivity contribution in [3.63, 3.8) is 0 Å². The van der Waals surface area contributed by atoms with Crippen molar-refractivity contribution >= 4 is 6.09 Å². The second-order valence-electron chi connectivity index (χ2n) is 2.06. The summed E-state index contributed by atoms with van der Waals surface area (Å²) in [6.07, 6.45) is -0.992. The Labute approximate surface area is 64.8 Å². The molecule has 0 heterocycles. The van der Waals surface area contributed by atoms with E-state index in [0.29, 0.717) is 0 Å². The van der Waals surface area contributed by atoms with Gasteiger partial charge in [0.05, 0.1) is 0 Å².